The highest BCUT2D eigenvalue weighted by Gasteiger charge is 2.00. The van der Waals surface area contributed by atoms with Crippen LogP contribution in [0.4, 0.5) is 0 Å². The van der Waals surface area contributed by atoms with Crippen LogP contribution in [-0.2, 0) is 0 Å². The lowest BCUT2D eigenvalue weighted by Gasteiger charge is -2.07. The highest BCUT2D eigenvalue weighted by atomic mass is 35.5. The first-order valence-electron chi connectivity index (χ1n) is 5.77. The van der Waals surface area contributed by atoms with Crippen LogP contribution < -0.4 is 9.47 Å². The van der Waals surface area contributed by atoms with Gasteiger partial charge in [-0.3, -0.25) is 0 Å². The van der Waals surface area contributed by atoms with Gasteiger partial charge in [0, 0.05) is 0 Å². The molecule has 0 aliphatic rings. The Morgan fingerprint density at radius 2 is 1.72 bits per heavy atom. The van der Waals surface area contributed by atoms with Gasteiger partial charge in [0.1, 0.15) is 18.1 Å². The van der Waals surface area contributed by atoms with E-state index in [1.807, 2.05) is 42.5 Å². The molecule has 0 unspecified atom stereocenters. The highest BCUT2D eigenvalue weighted by Crippen LogP contribution is 2.25. The van der Waals surface area contributed by atoms with E-state index in [9.17, 15) is 0 Å². The van der Waals surface area contributed by atoms with Crippen LogP contribution in [0.25, 0.3) is 11.1 Å². The van der Waals surface area contributed by atoms with Crippen LogP contribution in [0, 0.1) is 0 Å². The monoisotopic (exact) mass is 262 g/mol. The smallest absolute Gasteiger partial charge is 0.119 e. The van der Waals surface area contributed by atoms with E-state index in [2.05, 4.69) is 6.07 Å². The Morgan fingerprint density at radius 1 is 0.944 bits per heavy atom. The van der Waals surface area contributed by atoms with Gasteiger partial charge in [0.2, 0.25) is 0 Å². The van der Waals surface area contributed by atoms with E-state index in [-0.39, 0.29) is 0 Å². The quantitative estimate of drug-likeness (QED) is 0.759. The van der Waals surface area contributed by atoms with Crippen LogP contribution >= 0.6 is 11.6 Å². The van der Waals surface area contributed by atoms with Gasteiger partial charge in [-0.25, -0.2) is 0 Å². The van der Waals surface area contributed by atoms with Crippen LogP contribution in [0.1, 0.15) is 0 Å². The Balaban J connectivity index is 2.20. The lowest BCUT2D eigenvalue weighted by atomic mass is 10.1. The maximum Gasteiger partial charge on any atom is 0.119 e. The Morgan fingerprint density at radius 3 is 2.39 bits per heavy atom. The number of benzene rings is 2. The van der Waals surface area contributed by atoms with Crippen molar-refractivity contribution in [3.05, 3.63) is 48.5 Å². The van der Waals surface area contributed by atoms with Crippen LogP contribution in [0.15, 0.2) is 48.5 Å². The number of alkyl halides is 1. The van der Waals surface area contributed by atoms with Gasteiger partial charge in [-0.2, -0.15) is 0 Å². The summed E-state index contributed by atoms with van der Waals surface area (Å²) in [6, 6.07) is 15.9. The van der Waals surface area contributed by atoms with Crippen molar-refractivity contribution in [2.45, 2.75) is 0 Å². The number of rotatable bonds is 5. The van der Waals surface area contributed by atoms with Gasteiger partial charge < -0.3 is 9.47 Å². The molecular formula is C15H15ClO2. The van der Waals surface area contributed by atoms with Gasteiger partial charge in [-0.1, -0.05) is 24.3 Å². The summed E-state index contributed by atoms with van der Waals surface area (Å²) in [7, 11) is 1.66. The molecule has 2 aromatic carbocycles. The fraction of sp³-hybridized carbons (Fsp3) is 0.200. The second-order valence-electron chi connectivity index (χ2n) is 3.79. The van der Waals surface area contributed by atoms with Crippen molar-refractivity contribution in [3.63, 3.8) is 0 Å². The van der Waals surface area contributed by atoms with Gasteiger partial charge in [-0.05, 0) is 35.4 Å². The third-order valence-corrected chi connectivity index (χ3v) is 2.76. The number of hydrogen-bond donors (Lipinski definition) is 0. The molecule has 0 aliphatic heterocycles. The molecule has 0 saturated carbocycles. The van der Waals surface area contributed by atoms with Crippen molar-refractivity contribution >= 4 is 11.6 Å². The summed E-state index contributed by atoms with van der Waals surface area (Å²) in [5.41, 5.74) is 2.25. The van der Waals surface area contributed by atoms with Crippen LogP contribution in [0.5, 0.6) is 11.5 Å². The average molecular weight is 263 g/mol. The summed E-state index contributed by atoms with van der Waals surface area (Å²) in [6.07, 6.45) is 0. The molecule has 3 heteroatoms. The highest BCUT2D eigenvalue weighted by molar-refractivity contribution is 6.18. The molecular weight excluding hydrogens is 248 g/mol. The Hall–Kier alpha value is -1.67. The first-order chi connectivity index (χ1) is 8.83. The summed E-state index contributed by atoms with van der Waals surface area (Å²) >= 11 is 5.60. The molecule has 0 saturated heterocycles. The standard InChI is InChI=1S/C15H15ClO2/c1-17-14-7-5-12(6-8-14)13-3-2-4-15(11-13)18-10-9-16/h2-8,11H,9-10H2,1H3. The maximum atomic E-state index is 5.60. The Bertz CT molecular complexity index is 494. The Kier molecular flexibility index (Phi) is 4.48. The van der Waals surface area contributed by atoms with Crippen molar-refractivity contribution in [2.24, 2.45) is 0 Å². The van der Waals surface area contributed by atoms with Gasteiger partial charge in [0.15, 0.2) is 0 Å². The summed E-state index contributed by atoms with van der Waals surface area (Å²) < 4.78 is 10.6. The van der Waals surface area contributed by atoms with Crippen molar-refractivity contribution < 1.29 is 9.47 Å². The molecule has 0 heterocycles. The van der Waals surface area contributed by atoms with E-state index in [4.69, 9.17) is 21.1 Å². The third kappa shape index (κ3) is 3.17. The number of methoxy groups -OCH3 is 1. The number of ether oxygens (including phenoxy) is 2. The predicted octanol–water partition coefficient (Wildman–Crippen LogP) is 3.98. The van der Waals surface area contributed by atoms with Gasteiger partial charge in [0.25, 0.3) is 0 Å². The van der Waals surface area contributed by atoms with Crippen LogP contribution in [0.3, 0.4) is 0 Å². The zero-order valence-corrected chi connectivity index (χ0v) is 11.0. The molecule has 0 N–H and O–H groups in total. The minimum atomic E-state index is 0.493. The first-order valence-corrected chi connectivity index (χ1v) is 6.30. The summed E-state index contributed by atoms with van der Waals surface area (Å²) in [5.74, 6) is 2.18. The SMILES string of the molecule is COc1ccc(-c2cccc(OCCCl)c2)cc1. The van der Waals surface area contributed by atoms with Crippen molar-refractivity contribution in [3.8, 4) is 22.6 Å². The molecule has 0 aromatic heterocycles. The van der Waals surface area contributed by atoms with Gasteiger partial charge >= 0.3 is 0 Å². The van der Waals surface area contributed by atoms with Crippen LogP contribution in [-0.4, -0.2) is 19.6 Å². The van der Waals surface area contributed by atoms with E-state index < -0.39 is 0 Å². The molecule has 2 rings (SSSR count). The molecule has 0 bridgehead atoms. The van der Waals surface area contributed by atoms with E-state index >= 15 is 0 Å². The first kappa shape index (κ1) is 12.8. The minimum absolute atomic E-state index is 0.493. The topological polar surface area (TPSA) is 18.5 Å². The predicted molar refractivity (Wildman–Crippen MR) is 74.6 cm³/mol. The molecule has 0 fully saturated rings. The van der Waals surface area contributed by atoms with E-state index in [1.54, 1.807) is 7.11 Å². The summed E-state index contributed by atoms with van der Waals surface area (Å²) in [6.45, 7) is 0.521. The molecule has 2 nitrogen and oxygen atoms in total. The molecule has 0 amide bonds. The van der Waals surface area contributed by atoms with E-state index in [0.717, 1.165) is 22.6 Å². The third-order valence-electron chi connectivity index (χ3n) is 2.60. The molecule has 0 atom stereocenters. The van der Waals surface area contributed by atoms with E-state index in [0.29, 0.717) is 12.5 Å². The zero-order valence-electron chi connectivity index (χ0n) is 10.2. The second kappa shape index (κ2) is 6.31. The number of halogens is 1. The Labute approximate surface area is 112 Å². The molecule has 2 aromatic rings. The minimum Gasteiger partial charge on any atom is -0.497 e. The van der Waals surface area contributed by atoms with Crippen molar-refractivity contribution in [2.75, 3.05) is 19.6 Å². The van der Waals surface area contributed by atoms with E-state index in [1.165, 1.54) is 0 Å². The van der Waals surface area contributed by atoms with Crippen LogP contribution in [0.2, 0.25) is 0 Å². The second-order valence-corrected chi connectivity index (χ2v) is 4.17. The zero-order chi connectivity index (χ0) is 12.8. The average Bonchev–Trinajstić information content (AvgIpc) is 2.45. The summed E-state index contributed by atoms with van der Waals surface area (Å²) in [5, 5.41) is 0. The van der Waals surface area contributed by atoms with Crippen molar-refractivity contribution in [1.82, 2.24) is 0 Å². The molecule has 0 aliphatic carbocycles. The lowest BCUT2D eigenvalue weighted by molar-refractivity contribution is 0.343. The van der Waals surface area contributed by atoms with Crippen molar-refractivity contribution in [1.29, 1.82) is 0 Å². The van der Waals surface area contributed by atoms with Gasteiger partial charge in [0.05, 0.1) is 13.0 Å². The largest absolute Gasteiger partial charge is 0.497 e. The fourth-order valence-corrected chi connectivity index (χ4v) is 1.78. The normalized spacial score (nSPS) is 10.1. The fourth-order valence-electron chi connectivity index (χ4n) is 1.71. The lowest BCUT2D eigenvalue weighted by Crippen LogP contribution is -1.97. The molecule has 0 radical (unpaired) electrons. The summed E-state index contributed by atoms with van der Waals surface area (Å²) in [4.78, 5) is 0. The molecule has 0 spiro atoms. The van der Waals surface area contributed by atoms with Gasteiger partial charge in [-0.15, -0.1) is 11.6 Å². The number of hydrogen-bond acceptors (Lipinski definition) is 2. The molecule has 94 valence electrons. The molecule has 18 heavy (non-hydrogen) atoms. The maximum absolute atomic E-state index is 5.60.